The fourth-order valence-electron chi connectivity index (χ4n) is 4.08. The van der Waals surface area contributed by atoms with Gasteiger partial charge in [-0.05, 0) is 66.6 Å². The molecule has 1 N–H and O–H groups in total. The van der Waals surface area contributed by atoms with Gasteiger partial charge in [0.15, 0.2) is 11.5 Å². The van der Waals surface area contributed by atoms with Gasteiger partial charge in [0, 0.05) is 37.4 Å². The first-order chi connectivity index (χ1) is 17.9. The van der Waals surface area contributed by atoms with Gasteiger partial charge in [0.1, 0.15) is 6.54 Å². The minimum absolute atomic E-state index is 0.0453. The third-order valence-electron chi connectivity index (χ3n) is 6.33. The SMILES string of the molecule is COCCCN(CC(=O)N(Cc1ccc2c(c1)OCO2)Cc1cccs1)C(=O)Nc1cccc(C)c1C. The number of hydrogen-bond donors (Lipinski definition) is 1. The lowest BCUT2D eigenvalue weighted by Gasteiger charge is -2.28. The minimum Gasteiger partial charge on any atom is -0.454 e. The van der Waals surface area contributed by atoms with Gasteiger partial charge in [-0.3, -0.25) is 4.79 Å². The lowest BCUT2D eigenvalue weighted by atomic mass is 10.1. The van der Waals surface area contributed by atoms with Crippen LogP contribution in [0.15, 0.2) is 53.9 Å². The average molecular weight is 524 g/mol. The largest absolute Gasteiger partial charge is 0.454 e. The minimum atomic E-state index is -0.308. The van der Waals surface area contributed by atoms with Crippen molar-refractivity contribution in [2.24, 2.45) is 0 Å². The zero-order valence-corrected chi connectivity index (χ0v) is 22.3. The second-order valence-electron chi connectivity index (χ2n) is 8.96. The van der Waals surface area contributed by atoms with Gasteiger partial charge in [-0.15, -0.1) is 11.3 Å². The number of thiophene rings is 1. The van der Waals surface area contributed by atoms with Gasteiger partial charge in [-0.25, -0.2) is 4.79 Å². The van der Waals surface area contributed by atoms with E-state index in [0.29, 0.717) is 44.2 Å². The molecule has 0 saturated heterocycles. The Morgan fingerprint density at radius 2 is 1.86 bits per heavy atom. The molecular formula is C28H33N3O5S. The van der Waals surface area contributed by atoms with Gasteiger partial charge in [-0.2, -0.15) is 0 Å². The molecule has 8 nitrogen and oxygen atoms in total. The van der Waals surface area contributed by atoms with E-state index in [1.54, 1.807) is 28.2 Å². The number of aryl methyl sites for hydroxylation is 1. The number of fused-ring (bicyclic) bond motifs is 1. The molecule has 0 atom stereocenters. The molecule has 2 aromatic carbocycles. The summed E-state index contributed by atoms with van der Waals surface area (Å²) in [6.45, 7) is 5.86. The highest BCUT2D eigenvalue weighted by Gasteiger charge is 2.23. The molecule has 9 heteroatoms. The van der Waals surface area contributed by atoms with Gasteiger partial charge in [0.05, 0.1) is 6.54 Å². The van der Waals surface area contributed by atoms with Crippen molar-refractivity contribution in [2.45, 2.75) is 33.4 Å². The number of ether oxygens (including phenoxy) is 3. The Kier molecular flexibility index (Phi) is 9.03. The van der Waals surface area contributed by atoms with Crippen LogP contribution in [0, 0.1) is 13.8 Å². The molecule has 2 heterocycles. The number of nitrogens with one attached hydrogen (secondary N) is 1. The molecule has 0 radical (unpaired) electrons. The Labute approximate surface area is 221 Å². The van der Waals surface area contributed by atoms with E-state index in [0.717, 1.165) is 27.3 Å². The van der Waals surface area contributed by atoms with Crippen LogP contribution >= 0.6 is 11.3 Å². The van der Waals surface area contributed by atoms with Gasteiger partial charge in [-0.1, -0.05) is 24.3 Å². The predicted octanol–water partition coefficient (Wildman–Crippen LogP) is 5.19. The van der Waals surface area contributed by atoms with Crippen LogP contribution in [0.1, 0.15) is 28.0 Å². The highest BCUT2D eigenvalue weighted by atomic mass is 32.1. The number of carbonyl (C=O) groups is 2. The molecule has 0 saturated carbocycles. The third kappa shape index (κ3) is 7.02. The van der Waals surface area contributed by atoms with Crippen LogP contribution in [-0.2, 0) is 22.6 Å². The molecule has 4 rings (SSSR count). The number of amides is 3. The topological polar surface area (TPSA) is 80.3 Å². The van der Waals surface area contributed by atoms with E-state index >= 15 is 0 Å². The Morgan fingerprint density at radius 3 is 2.65 bits per heavy atom. The summed E-state index contributed by atoms with van der Waals surface area (Å²) in [5.41, 5.74) is 3.76. The van der Waals surface area contributed by atoms with Crippen molar-refractivity contribution in [1.29, 1.82) is 0 Å². The van der Waals surface area contributed by atoms with Gasteiger partial charge < -0.3 is 29.3 Å². The van der Waals surface area contributed by atoms with Gasteiger partial charge in [0.25, 0.3) is 0 Å². The second kappa shape index (κ2) is 12.6. The fraction of sp³-hybridized carbons (Fsp3) is 0.357. The van der Waals surface area contributed by atoms with Crippen molar-refractivity contribution in [2.75, 3.05) is 38.9 Å². The lowest BCUT2D eigenvalue weighted by molar-refractivity contribution is -0.133. The zero-order valence-electron chi connectivity index (χ0n) is 21.5. The summed E-state index contributed by atoms with van der Waals surface area (Å²) in [5, 5.41) is 4.99. The fourth-order valence-corrected chi connectivity index (χ4v) is 4.80. The molecule has 0 bridgehead atoms. The first kappa shape index (κ1) is 26.5. The summed E-state index contributed by atoms with van der Waals surface area (Å²) in [6, 6.07) is 15.2. The van der Waals surface area contributed by atoms with Crippen molar-refractivity contribution in [3.8, 4) is 11.5 Å². The number of carbonyl (C=O) groups excluding carboxylic acids is 2. The highest BCUT2D eigenvalue weighted by Crippen LogP contribution is 2.33. The van der Waals surface area contributed by atoms with Crippen LogP contribution in [0.2, 0.25) is 0 Å². The van der Waals surface area contributed by atoms with Crippen molar-refractivity contribution in [1.82, 2.24) is 9.80 Å². The van der Waals surface area contributed by atoms with E-state index in [2.05, 4.69) is 5.32 Å². The normalized spacial score (nSPS) is 11.9. The standard InChI is InChI=1S/C28H33N3O5S/c1-20-7-4-9-24(21(20)2)29-28(33)30(12-6-13-34-3)18-27(32)31(17-23-8-5-14-37-23)16-22-10-11-25-26(15-22)36-19-35-25/h4-5,7-11,14-15H,6,12-13,16-19H2,1-3H3,(H,29,33). The van der Waals surface area contributed by atoms with Crippen LogP contribution in [0.5, 0.6) is 11.5 Å². The quantitative estimate of drug-likeness (QED) is 0.350. The summed E-state index contributed by atoms with van der Waals surface area (Å²) in [5.74, 6) is 1.24. The van der Waals surface area contributed by atoms with Gasteiger partial charge >= 0.3 is 6.03 Å². The summed E-state index contributed by atoms with van der Waals surface area (Å²) in [4.78, 5) is 31.4. The van der Waals surface area contributed by atoms with E-state index in [1.165, 1.54) is 0 Å². The molecule has 1 aliphatic rings. The molecule has 0 unspecified atom stereocenters. The molecule has 0 spiro atoms. The van der Waals surface area contributed by atoms with Crippen LogP contribution in [-0.4, -0.2) is 55.3 Å². The van der Waals surface area contributed by atoms with E-state index in [-0.39, 0.29) is 25.3 Å². The molecule has 1 aliphatic heterocycles. The maximum atomic E-state index is 13.7. The Balaban J connectivity index is 1.51. The molecule has 196 valence electrons. The molecular weight excluding hydrogens is 490 g/mol. The lowest BCUT2D eigenvalue weighted by Crippen LogP contribution is -2.44. The van der Waals surface area contributed by atoms with Crippen molar-refractivity contribution >= 4 is 29.0 Å². The summed E-state index contributed by atoms with van der Waals surface area (Å²) in [6.07, 6.45) is 0.622. The Bertz CT molecular complexity index is 1210. The van der Waals surface area contributed by atoms with E-state index < -0.39 is 0 Å². The smallest absolute Gasteiger partial charge is 0.322 e. The maximum absolute atomic E-state index is 13.7. The van der Waals surface area contributed by atoms with E-state index in [1.807, 2.05) is 67.8 Å². The van der Waals surface area contributed by atoms with Crippen molar-refractivity contribution < 1.29 is 23.8 Å². The number of benzene rings is 2. The predicted molar refractivity (Wildman–Crippen MR) is 144 cm³/mol. The summed E-state index contributed by atoms with van der Waals surface area (Å²) in [7, 11) is 1.62. The molecule has 0 aliphatic carbocycles. The van der Waals surface area contributed by atoms with Crippen molar-refractivity contribution in [3.63, 3.8) is 0 Å². The molecule has 0 fully saturated rings. The Morgan fingerprint density at radius 1 is 1.03 bits per heavy atom. The third-order valence-corrected chi connectivity index (χ3v) is 7.19. The number of urea groups is 1. The molecule has 3 aromatic rings. The summed E-state index contributed by atoms with van der Waals surface area (Å²) < 4.78 is 16.1. The number of hydrogen-bond acceptors (Lipinski definition) is 6. The summed E-state index contributed by atoms with van der Waals surface area (Å²) >= 11 is 1.60. The maximum Gasteiger partial charge on any atom is 0.322 e. The molecule has 37 heavy (non-hydrogen) atoms. The van der Waals surface area contributed by atoms with Gasteiger partial charge in [0.2, 0.25) is 12.7 Å². The number of nitrogens with zero attached hydrogens (tertiary/aromatic N) is 2. The van der Waals surface area contributed by atoms with Crippen LogP contribution in [0.25, 0.3) is 0 Å². The first-order valence-electron chi connectivity index (χ1n) is 12.2. The average Bonchev–Trinajstić information content (AvgIpc) is 3.57. The monoisotopic (exact) mass is 523 g/mol. The zero-order chi connectivity index (χ0) is 26.2. The number of methoxy groups -OCH3 is 1. The van der Waals surface area contributed by atoms with Crippen molar-refractivity contribution in [3.05, 3.63) is 75.5 Å². The first-order valence-corrected chi connectivity index (χ1v) is 13.1. The molecule has 1 aromatic heterocycles. The Hall–Kier alpha value is -3.56. The van der Waals surface area contributed by atoms with Crippen LogP contribution in [0.4, 0.5) is 10.5 Å². The second-order valence-corrected chi connectivity index (χ2v) is 9.99. The van der Waals surface area contributed by atoms with E-state index in [9.17, 15) is 9.59 Å². The number of anilines is 1. The highest BCUT2D eigenvalue weighted by molar-refractivity contribution is 7.09. The number of rotatable bonds is 11. The van der Waals surface area contributed by atoms with E-state index in [4.69, 9.17) is 14.2 Å². The van der Waals surface area contributed by atoms with Crippen LogP contribution in [0.3, 0.4) is 0 Å². The van der Waals surface area contributed by atoms with Crippen LogP contribution < -0.4 is 14.8 Å². The molecule has 3 amide bonds.